The van der Waals surface area contributed by atoms with E-state index in [1.807, 2.05) is 18.2 Å². The van der Waals surface area contributed by atoms with Crippen LogP contribution in [0.5, 0.6) is 0 Å². The first-order valence-electron chi connectivity index (χ1n) is 6.77. The monoisotopic (exact) mass is 283 g/mol. The fraction of sp³-hybridized carbons (Fsp3) is 0.286. The highest BCUT2D eigenvalue weighted by molar-refractivity contribution is 5.79. The van der Waals surface area contributed by atoms with Gasteiger partial charge in [-0.15, -0.1) is 0 Å². The predicted octanol–water partition coefficient (Wildman–Crippen LogP) is 1.34. The van der Waals surface area contributed by atoms with Crippen LogP contribution in [-0.2, 0) is 4.74 Å². The number of hydrogen-bond donors (Lipinski definition) is 1. The lowest BCUT2D eigenvalue weighted by atomic mass is 10.2. The van der Waals surface area contributed by atoms with Gasteiger partial charge in [0.05, 0.1) is 17.6 Å². The van der Waals surface area contributed by atoms with Crippen LogP contribution in [0.15, 0.2) is 35.1 Å². The molecular weight excluding hydrogens is 270 g/mol. The van der Waals surface area contributed by atoms with Crippen molar-refractivity contribution in [2.75, 3.05) is 19.7 Å². The van der Waals surface area contributed by atoms with Crippen molar-refractivity contribution in [3.8, 4) is 11.4 Å². The number of benzene rings is 1. The van der Waals surface area contributed by atoms with Crippen LogP contribution in [0, 0.1) is 0 Å². The normalized spacial score (nSPS) is 19.0. The Kier molecular flexibility index (Phi) is 3.06. The third kappa shape index (κ3) is 2.37. The number of nitrogens with zero attached hydrogens (tertiary/aromatic N) is 4. The van der Waals surface area contributed by atoms with E-state index in [1.165, 1.54) is 0 Å². The standard InChI is InChI=1S/C14H13N5O2/c1-2-10-11(17-4-3-16-10)7-9(1)13-18-14(21-19-13)12-8-15-5-6-20-12/h1-4,7,12,15H,5-6,8H2. The van der Waals surface area contributed by atoms with Gasteiger partial charge in [-0.3, -0.25) is 9.97 Å². The highest BCUT2D eigenvalue weighted by atomic mass is 16.5. The zero-order valence-electron chi connectivity index (χ0n) is 11.2. The van der Waals surface area contributed by atoms with E-state index in [-0.39, 0.29) is 6.10 Å². The van der Waals surface area contributed by atoms with Crippen molar-refractivity contribution in [2.45, 2.75) is 6.10 Å². The Morgan fingerprint density at radius 3 is 2.90 bits per heavy atom. The Bertz CT molecular complexity index is 767. The minimum Gasteiger partial charge on any atom is -0.366 e. The predicted molar refractivity (Wildman–Crippen MR) is 74.4 cm³/mol. The number of rotatable bonds is 2. The molecule has 1 N–H and O–H groups in total. The number of morpholine rings is 1. The number of fused-ring (bicyclic) bond motifs is 1. The van der Waals surface area contributed by atoms with E-state index < -0.39 is 0 Å². The fourth-order valence-electron chi connectivity index (χ4n) is 2.31. The molecule has 3 heterocycles. The van der Waals surface area contributed by atoms with E-state index in [1.54, 1.807) is 12.4 Å². The summed E-state index contributed by atoms with van der Waals surface area (Å²) >= 11 is 0. The van der Waals surface area contributed by atoms with Crippen molar-refractivity contribution in [2.24, 2.45) is 0 Å². The average molecular weight is 283 g/mol. The second kappa shape index (κ2) is 5.19. The van der Waals surface area contributed by atoms with Gasteiger partial charge >= 0.3 is 0 Å². The lowest BCUT2D eigenvalue weighted by Crippen LogP contribution is -2.33. The van der Waals surface area contributed by atoms with Crippen LogP contribution in [0.4, 0.5) is 0 Å². The molecule has 0 amide bonds. The molecule has 2 aromatic heterocycles. The van der Waals surface area contributed by atoms with Crippen LogP contribution in [0.3, 0.4) is 0 Å². The molecular formula is C14H13N5O2. The summed E-state index contributed by atoms with van der Waals surface area (Å²) in [4.78, 5) is 12.9. The molecule has 4 rings (SSSR count). The first kappa shape index (κ1) is 12.4. The summed E-state index contributed by atoms with van der Waals surface area (Å²) in [5.41, 5.74) is 2.49. The summed E-state index contributed by atoms with van der Waals surface area (Å²) in [6, 6.07) is 5.70. The van der Waals surface area contributed by atoms with Gasteiger partial charge in [0.2, 0.25) is 5.82 Å². The van der Waals surface area contributed by atoms with Gasteiger partial charge in [-0.1, -0.05) is 5.16 Å². The smallest absolute Gasteiger partial charge is 0.257 e. The molecule has 7 nitrogen and oxygen atoms in total. The zero-order valence-corrected chi connectivity index (χ0v) is 11.2. The molecule has 0 spiro atoms. The van der Waals surface area contributed by atoms with E-state index >= 15 is 0 Å². The van der Waals surface area contributed by atoms with Crippen molar-refractivity contribution in [1.82, 2.24) is 25.4 Å². The maximum Gasteiger partial charge on any atom is 0.257 e. The van der Waals surface area contributed by atoms with Gasteiger partial charge in [0.15, 0.2) is 0 Å². The molecule has 0 saturated carbocycles. The molecule has 1 aliphatic heterocycles. The number of ether oxygens (including phenoxy) is 1. The summed E-state index contributed by atoms with van der Waals surface area (Å²) in [6.45, 7) is 2.18. The second-order valence-corrected chi connectivity index (χ2v) is 4.78. The van der Waals surface area contributed by atoms with Gasteiger partial charge in [-0.25, -0.2) is 0 Å². The molecule has 1 unspecified atom stereocenters. The van der Waals surface area contributed by atoms with Gasteiger partial charge in [0, 0.05) is 31.0 Å². The molecule has 7 heteroatoms. The van der Waals surface area contributed by atoms with Crippen molar-refractivity contribution >= 4 is 11.0 Å². The maximum atomic E-state index is 5.60. The van der Waals surface area contributed by atoms with Gasteiger partial charge in [0.1, 0.15) is 6.10 Å². The molecule has 21 heavy (non-hydrogen) atoms. The van der Waals surface area contributed by atoms with Crippen molar-refractivity contribution < 1.29 is 9.26 Å². The van der Waals surface area contributed by atoms with Crippen LogP contribution in [0.25, 0.3) is 22.4 Å². The molecule has 0 aliphatic carbocycles. The first-order valence-corrected chi connectivity index (χ1v) is 6.77. The van der Waals surface area contributed by atoms with E-state index in [0.717, 1.165) is 23.1 Å². The van der Waals surface area contributed by atoms with Gasteiger partial charge in [0.25, 0.3) is 5.89 Å². The third-order valence-corrected chi connectivity index (χ3v) is 3.37. The highest BCUT2D eigenvalue weighted by Gasteiger charge is 2.22. The summed E-state index contributed by atoms with van der Waals surface area (Å²) in [5.74, 6) is 1.03. The molecule has 0 bridgehead atoms. The lowest BCUT2D eigenvalue weighted by molar-refractivity contribution is 0.00755. The molecule has 106 valence electrons. The molecule has 1 aromatic carbocycles. The van der Waals surface area contributed by atoms with Crippen LogP contribution in [0.1, 0.15) is 12.0 Å². The van der Waals surface area contributed by atoms with Gasteiger partial charge < -0.3 is 14.6 Å². The van der Waals surface area contributed by atoms with Crippen LogP contribution < -0.4 is 5.32 Å². The van der Waals surface area contributed by atoms with E-state index in [0.29, 0.717) is 24.9 Å². The second-order valence-electron chi connectivity index (χ2n) is 4.78. The van der Waals surface area contributed by atoms with E-state index in [2.05, 4.69) is 25.4 Å². The maximum absolute atomic E-state index is 5.60. The Hall–Kier alpha value is -2.38. The number of hydrogen-bond acceptors (Lipinski definition) is 7. The minimum absolute atomic E-state index is 0.180. The Labute approximate surface area is 120 Å². The number of aromatic nitrogens is 4. The first-order chi connectivity index (χ1) is 10.4. The van der Waals surface area contributed by atoms with Crippen molar-refractivity contribution in [1.29, 1.82) is 0 Å². The Morgan fingerprint density at radius 1 is 1.14 bits per heavy atom. The fourth-order valence-corrected chi connectivity index (χ4v) is 2.31. The minimum atomic E-state index is -0.180. The van der Waals surface area contributed by atoms with Gasteiger partial charge in [-0.2, -0.15) is 4.98 Å². The van der Waals surface area contributed by atoms with E-state index in [9.17, 15) is 0 Å². The van der Waals surface area contributed by atoms with Crippen LogP contribution in [-0.4, -0.2) is 39.8 Å². The van der Waals surface area contributed by atoms with Crippen LogP contribution in [0.2, 0.25) is 0 Å². The third-order valence-electron chi connectivity index (χ3n) is 3.37. The Morgan fingerprint density at radius 2 is 2.05 bits per heavy atom. The highest BCUT2D eigenvalue weighted by Crippen LogP contribution is 2.23. The van der Waals surface area contributed by atoms with Crippen molar-refractivity contribution in [3.63, 3.8) is 0 Å². The average Bonchev–Trinajstić information content (AvgIpc) is 3.05. The van der Waals surface area contributed by atoms with Crippen LogP contribution >= 0.6 is 0 Å². The number of nitrogens with one attached hydrogen (secondary N) is 1. The summed E-state index contributed by atoms with van der Waals surface area (Å²) in [5, 5.41) is 7.26. The summed E-state index contributed by atoms with van der Waals surface area (Å²) in [6.07, 6.45) is 3.15. The zero-order chi connectivity index (χ0) is 14.1. The molecule has 1 aliphatic rings. The summed E-state index contributed by atoms with van der Waals surface area (Å²) in [7, 11) is 0. The Balaban J connectivity index is 1.67. The molecule has 1 atom stereocenters. The molecule has 1 saturated heterocycles. The lowest BCUT2D eigenvalue weighted by Gasteiger charge is -2.19. The van der Waals surface area contributed by atoms with Gasteiger partial charge in [-0.05, 0) is 18.2 Å². The molecule has 1 fully saturated rings. The van der Waals surface area contributed by atoms with Crippen molar-refractivity contribution in [3.05, 3.63) is 36.5 Å². The summed E-state index contributed by atoms with van der Waals surface area (Å²) < 4.78 is 10.9. The SMILES string of the molecule is c1cnc2cc(-c3noc(C4CNCCO4)n3)ccc2n1. The largest absolute Gasteiger partial charge is 0.366 e. The molecule has 3 aromatic rings. The quantitative estimate of drug-likeness (QED) is 0.759. The topological polar surface area (TPSA) is 86.0 Å². The molecule has 0 radical (unpaired) electrons. The van der Waals surface area contributed by atoms with E-state index in [4.69, 9.17) is 9.26 Å².